The number of hydrogen-bond donors (Lipinski definition) is 0. The number of piperazine rings is 1. The van der Waals surface area contributed by atoms with Crippen LogP contribution < -0.4 is 0 Å². The van der Waals surface area contributed by atoms with Crippen LogP contribution in [-0.4, -0.2) is 48.6 Å². The third-order valence-electron chi connectivity index (χ3n) is 4.52. The smallest absolute Gasteiger partial charge is 0.111 e. The molecule has 1 aliphatic heterocycles. The normalized spacial score (nSPS) is 38.2. The molecule has 0 N–H and O–H groups in total. The second-order valence-corrected chi connectivity index (χ2v) is 5.47. The first kappa shape index (κ1) is 11.9. The summed E-state index contributed by atoms with van der Waals surface area (Å²) in [6.45, 7) is 6.61. The van der Waals surface area contributed by atoms with Gasteiger partial charge < -0.3 is 4.90 Å². The predicted octanol–water partition coefficient (Wildman–Crippen LogP) is 1.71. The minimum absolute atomic E-state index is 0.153. The summed E-state index contributed by atoms with van der Waals surface area (Å²) in [4.78, 5) is 4.81. The number of nitrogens with zero attached hydrogens (tertiary/aromatic N) is 3. The summed E-state index contributed by atoms with van der Waals surface area (Å²) in [7, 11) is 2.17. The van der Waals surface area contributed by atoms with E-state index < -0.39 is 0 Å². The van der Waals surface area contributed by atoms with Gasteiger partial charge in [-0.1, -0.05) is 19.8 Å². The van der Waals surface area contributed by atoms with Crippen LogP contribution in [-0.2, 0) is 0 Å². The fourth-order valence-corrected chi connectivity index (χ4v) is 3.24. The second-order valence-electron chi connectivity index (χ2n) is 5.47. The number of likely N-dealkylation sites (N-methyl/N-ethyl adjacent to an activating group) is 1. The summed E-state index contributed by atoms with van der Waals surface area (Å²) >= 11 is 0. The Morgan fingerprint density at radius 2 is 1.88 bits per heavy atom. The molecule has 3 nitrogen and oxygen atoms in total. The standard InChI is InChI=1S/C13H23N3/c1-12-5-3-4-6-13(12,11-14)16-9-7-15(2)8-10-16/h12H,3-10H2,1-2H3. The van der Waals surface area contributed by atoms with E-state index in [2.05, 4.69) is 29.8 Å². The molecule has 1 saturated heterocycles. The predicted molar refractivity (Wildman–Crippen MR) is 65.0 cm³/mol. The van der Waals surface area contributed by atoms with Crippen LogP contribution in [0.5, 0.6) is 0 Å². The van der Waals surface area contributed by atoms with Crippen molar-refractivity contribution in [2.75, 3.05) is 33.2 Å². The zero-order chi connectivity index (χ0) is 11.6. The van der Waals surface area contributed by atoms with Crippen LogP contribution in [0.1, 0.15) is 32.6 Å². The molecule has 2 atom stereocenters. The van der Waals surface area contributed by atoms with E-state index in [1.165, 1.54) is 19.3 Å². The lowest BCUT2D eigenvalue weighted by molar-refractivity contribution is 0.0177. The van der Waals surface area contributed by atoms with Gasteiger partial charge in [0.05, 0.1) is 6.07 Å². The van der Waals surface area contributed by atoms with Crippen molar-refractivity contribution in [3.63, 3.8) is 0 Å². The average molecular weight is 221 g/mol. The Morgan fingerprint density at radius 3 is 2.44 bits per heavy atom. The molecule has 1 saturated carbocycles. The van der Waals surface area contributed by atoms with Crippen molar-refractivity contribution in [1.82, 2.24) is 9.80 Å². The van der Waals surface area contributed by atoms with Crippen LogP contribution in [0, 0.1) is 17.2 Å². The number of rotatable bonds is 1. The third-order valence-corrected chi connectivity index (χ3v) is 4.52. The molecule has 1 heterocycles. The summed E-state index contributed by atoms with van der Waals surface area (Å²) in [5.74, 6) is 0.537. The van der Waals surface area contributed by atoms with E-state index >= 15 is 0 Å². The highest BCUT2D eigenvalue weighted by atomic mass is 15.3. The SMILES string of the molecule is CC1CCCCC1(C#N)N1CCN(C)CC1. The molecular formula is C13H23N3. The summed E-state index contributed by atoms with van der Waals surface area (Å²) in [5.41, 5.74) is -0.153. The quantitative estimate of drug-likeness (QED) is 0.675. The Kier molecular flexibility index (Phi) is 3.51. The van der Waals surface area contributed by atoms with Gasteiger partial charge in [-0.15, -0.1) is 0 Å². The Hall–Kier alpha value is -0.590. The molecule has 0 spiro atoms. The van der Waals surface area contributed by atoms with Crippen molar-refractivity contribution >= 4 is 0 Å². The summed E-state index contributed by atoms with van der Waals surface area (Å²) < 4.78 is 0. The van der Waals surface area contributed by atoms with E-state index in [9.17, 15) is 5.26 Å². The Bertz CT molecular complexity index is 275. The van der Waals surface area contributed by atoms with Crippen molar-refractivity contribution in [2.45, 2.75) is 38.1 Å². The average Bonchev–Trinajstić information content (AvgIpc) is 2.31. The zero-order valence-corrected chi connectivity index (χ0v) is 10.6. The maximum Gasteiger partial charge on any atom is 0.111 e. The molecule has 1 aliphatic carbocycles. The van der Waals surface area contributed by atoms with E-state index in [-0.39, 0.29) is 5.54 Å². The monoisotopic (exact) mass is 221 g/mol. The highest BCUT2D eigenvalue weighted by Gasteiger charge is 2.44. The summed E-state index contributed by atoms with van der Waals surface area (Å²) in [5, 5.41) is 9.62. The topological polar surface area (TPSA) is 30.3 Å². The number of nitriles is 1. The third kappa shape index (κ3) is 1.97. The highest BCUT2D eigenvalue weighted by molar-refractivity contribution is 5.13. The van der Waals surface area contributed by atoms with Crippen LogP contribution in [0.2, 0.25) is 0 Å². The van der Waals surface area contributed by atoms with Gasteiger partial charge in [-0.05, 0) is 25.8 Å². The summed E-state index contributed by atoms with van der Waals surface area (Å²) in [6, 6.07) is 2.66. The first-order chi connectivity index (χ1) is 7.69. The van der Waals surface area contributed by atoms with Gasteiger partial charge in [0.15, 0.2) is 0 Å². The van der Waals surface area contributed by atoms with Crippen LogP contribution >= 0.6 is 0 Å². The lowest BCUT2D eigenvalue weighted by Crippen LogP contribution is -2.59. The fraction of sp³-hybridized carbons (Fsp3) is 0.923. The first-order valence-corrected chi connectivity index (χ1v) is 6.54. The van der Waals surface area contributed by atoms with Gasteiger partial charge in [-0.3, -0.25) is 4.90 Å². The molecule has 0 radical (unpaired) electrons. The van der Waals surface area contributed by atoms with Gasteiger partial charge in [0.1, 0.15) is 5.54 Å². The molecule has 0 aromatic rings. The van der Waals surface area contributed by atoms with Gasteiger partial charge in [0.25, 0.3) is 0 Å². The molecule has 0 bridgehead atoms. The zero-order valence-electron chi connectivity index (χ0n) is 10.6. The van der Waals surface area contributed by atoms with Gasteiger partial charge in [0, 0.05) is 26.2 Å². The van der Waals surface area contributed by atoms with Crippen molar-refractivity contribution in [3.8, 4) is 6.07 Å². The van der Waals surface area contributed by atoms with Crippen LogP contribution in [0.15, 0.2) is 0 Å². The number of hydrogen-bond acceptors (Lipinski definition) is 3. The Morgan fingerprint density at radius 1 is 1.19 bits per heavy atom. The second kappa shape index (κ2) is 4.73. The van der Waals surface area contributed by atoms with E-state index in [4.69, 9.17) is 0 Å². The molecule has 16 heavy (non-hydrogen) atoms. The highest BCUT2D eigenvalue weighted by Crippen LogP contribution is 2.38. The minimum atomic E-state index is -0.153. The van der Waals surface area contributed by atoms with Crippen LogP contribution in [0.3, 0.4) is 0 Å². The molecule has 2 fully saturated rings. The maximum atomic E-state index is 9.62. The molecular weight excluding hydrogens is 198 g/mol. The van der Waals surface area contributed by atoms with Gasteiger partial charge in [-0.2, -0.15) is 5.26 Å². The summed E-state index contributed by atoms with van der Waals surface area (Å²) in [6.07, 6.45) is 4.83. The minimum Gasteiger partial charge on any atom is -0.304 e. The van der Waals surface area contributed by atoms with E-state index in [0.717, 1.165) is 32.6 Å². The molecule has 90 valence electrons. The van der Waals surface area contributed by atoms with Crippen molar-refractivity contribution in [2.24, 2.45) is 5.92 Å². The maximum absolute atomic E-state index is 9.62. The van der Waals surface area contributed by atoms with Crippen LogP contribution in [0.25, 0.3) is 0 Å². The van der Waals surface area contributed by atoms with Crippen molar-refractivity contribution in [1.29, 1.82) is 5.26 Å². The molecule has 2 rings (SSSR count). The first-order valence-electron chi connectivity index (χ1n) is 6.54. The van der Waals surface area contributed by atoms with Gasteiger partial charge >= 0.3 is 0 Å². The van der Waals surface area contributed by atoms with Crippen molar-refractivity contribution in [3.05, 3.63) is 0 Å². The Balaban J connectivity index is 2.11. The fourth-order valence-electron chi connectivity index (χ4n) is 3.24. The van der Waals surface area contributed by atoms with Crippen LogP contribution in [0.4, 0.5) is 0 Å². The lowest BCUT2D eigenvalue weighted by Gasteiger charge is -2.48. The van der Waals surface area contributed by atoms with E-state index in [1.54, 1.807) is 0 Å². The van der Waals surface area contributed by atoms with Gasteiger partial charge in [0.2, 0.25) is 0 Å². The Labute approximate surface area is 99.0 Å². The molecule has 0 aromatic carbocycles. The molecule has 2 unspecified atom stereocenters. The largest absolute Gasteiger partial charge is 0.304 e. The molecule has 0 amide bonds. The lowest BCUT2D eigenvalue weighted by atomic mass is 9.73. The van der Waals surface area contributed by atoms with E-state index in [1.807, 2.05) is 0 Å². The van der Waals surface area contributed by atoms with Crippen molar-refractivity contribution < 1.29 is 0 Å². The molecule has 2 aliphatic rings. The molecule has 3 heteroatoms. The molecule has 0 aromatic heterocycles. The van der Waals surface area contributed by atoms with E-state index in [0.29, 0.717) is 5.92 Å². The van der Waals surface area contributed by atoms with Gasteiger partial charge in [-0.25, -0.2) is 0 Å².